The second-order valence-electron chi connectivity index (χ2n) is 3.80. The number of anilines is 2. The molecule has 1 saturated carbocycles. The number of rotatable bonds is 3. The molecular weight excluding hydrogens is 211 g/mol. The Bertz CT molecular complexity index is 430. The third kappa shape index (κ3) is 1.93. The van der Waals surface area contributed by atoms with E-state index in [-0.39, 0.29) is 11.3 Å². The molecule has 1 aliphatic carbocycles. The minimum absolute atomic E-state index is 0.0326. The van der Waals surface area contributed by atoms with E-state index in [0.29, 0.717) is 11.7 Å². The first-order valence-electron chi connectivity index (χ1n) is 5.06. The van der Waals surface area contributed by atoms with Crippen LogP contribution in [-0.2, 0) is 4.74 Å². The van der Waals surface area contributed by atoms with Crippen molar-refractivity contribution < 1.29 is 13.9 Å². The molecule has 86 valence electrons. The molecule has 0 spiro atoms. The number of methoxy groups -OCH3 is 1. The first kappa shape index (κ1) is 10.7. The molecule has 0 radical (unpaired) electrons. The number of esters is 1. The van der Waals surface area contributed by atoms with Gasteiger partial charge in [0.15, 0.2) is 5.82 Å². The van der Waals surface area contributed by atoms with Gasteiger partial charge in [0.05, 0.1) is 24.0 Å². The van der Waals surface area contributed by atoms with E-state index in [9.17, 15) is 9.18 Å². The summed E-state index contributed by atoms with van der Waals surface area (Å²) >= 11 is 0. The highest BCUT2D eigenvalue weighted by atomic mass is 19.1. The average Bonchev–Trinajstić information content (AvgIpc) is 3.08. The average molecular weight is 224 g/mol. The molecule has 0 atom stereocenters. The van der Waals surface area contributed by atoms with Crippen LogP contribution in [0.5, 0.6) is 0 Å². The van der Waals surface area contributed by atoms with Gasteiger partial charge >= 0.3 is 5.97 Å². The molecule has 3 N–H and O–H groups in total. The highest BCUT2D eigenvalue weighted by Crippen LogP contribution is 2.30. The Kier molecular flexibility index (Phi) is 2.68. The predicted molar refractivity (Wildman–Crippen MR) is 58.8 cm³/mol. The first-order valence-corrected chi connectivity index (χ1v) is 5.06. The molecule has 0 bridgehead atoms. The van der Waals surface area contributed by atoms with E-state index in [4.69, 9.17) is 5.73 Å². The Labute approximate surface area is 92.6 Å². The summed E-state index contributed by atoms with van der Waals surface area (Å²) in [7, 11) is 1.20. The second kappa shape index (κ2) is 4.00. The van der Waals surface area contributed by atoms with Gasteiger partial charge in [0.25, 0.3) is 0 Å². The lowest BCUT2D eigenvalue weighted by atomic mass is 10.1. The normalized spacial score (nSPS) is 14.6. The molecule has 1 aliphatic rings. The third-order valence-corrected chi connectivity index (χ3v) is 2.52. The van der Waals surface area contributed by atoms with Gasteiger partial charge in [-0.2, -0.15) is 0 Å². The summed E-state index contributed by atoms with van der Waals surface area (Å²) in [6, 6.07) is 3.36. The maximum Gasteiger partial charge on any atom is 0.340 e. The Balaban J connectivity index is 2.30. The van der Waals surface area contributed by atoms with Crippen molar-refractivity contribution in [1.29, 1.82) is 0 Å². The summed E-state index contributed by atoms with van der Waals surface area (Å²) in [6.45, 7) is 0. The Hall–Kier alpha value is -1.78. The topological polar surface area (TPSA) is 64.3 Å². The minimum atomic E-state index is -0.725. The van der Waals surface area contributed by atoms with Crippen molar-refractivity contribution in [3.63, 3.8) is 0 Å². The number of carbonyl (C=O) groups excluding carboxylic acids is 1. The molecule has 1 aromatic carbocycles. The molecule has 0 heterocycles. The number of carbonyl (C=O) groups is 1. The Morgan fingerprint density at radius 2 is 2.25 bits per heavy atom. The molecular formula is C11H13FN2O2. The quantitative estimate of drug-likeness (QED) is 0.606. The van der Waals surface area contributed by atoms with Crippen molar-refractivity contribution in [2.45, 2.75) is 18.9 Å². The second-order valence-corrected chi connectivity index (χ2v) is 3.80. The highest BCUT2D eigenvalue weighted by Gasteiger charge is 2.23. The van der Waals surface area contributed by atoms with Crippen molar-refractivity contribution in [3.05, 3.63) is 23.5 Å². The Morgan fingerprint density at radius 1 is 1.56 bits per heavy atom. The number of benzene rings is 1. The van der Waals surface area contributed by atoms with E-state index >= 15 is 0 Å². The summed E-state index contributed by atoms with van der Waals surface area (Å²) in [6.07, 6.45) is 2.14. The number of halogens is 1. The van der Waals surface area contributed by atoms with Gasteiger partial charge in [-0.15, -0.1) is 0 Å². The molecule has 1 fully saturated rings. The van der Waals surface area contributed by atoms with Gasteiger partial charge in [-0.05, 0) is 25.0 Å². The zero-order chi connectivity index (χ0) is 11.7. The van der Waals surface area contributed by atoms with Crippen molar-refractivity contribution in [1.82, 2.24) is 0 Å². The standard InChI is InChI=1S/C11H13FN2O2/c1-16-11(15)7-4-5-8(10(13)9(7)12)14-6-2-3-6/h4-6,14H,2-3,13H2,1H3. The summed E-state index contributed by atoms with van der Waals surface area (Å²) in [4.78, 5) is 11.2. The van der Waals surface area contributed by atoms with Crippen LogP contribution in [0.15, 0.2) is 12.1 Å². The number of ether oxygens (including phenoxy) is 1. The zero-order valence-corrected chi connectivity index (χ0v) is 8.92. The van der Waals surface area contributed by atoms with E-state index in [1.165, 1.54) is 13.2 Å². The van der Waals surface area contributed by atoms with Gasteiger partial charge in [-0.25, -0.2) is 9.18 Å². The van der Waals surface area contributed by atoms with Crippen LogP contribution < -0.4 is 11.1 Å². The first-order chi connectivity index (χ1) is 7.63. The van der Waals surface area contributed by atoms with Crippen LogP contribution in [0.1, 0.15) is 23.2 Å². The van der Waals surface area contributed by atoms with Crippen LogP contribution in [0, 0.1) is 5.82 Å². The molecule has 16 heavy (non-hydrogen) atoms. The number of hydrogen-bond acceptors (Lipinski definition) is 4. The molecule has 0 saturated heterocycles. The predicted octanol–water partition coefficient (Wildman–Crippen LogP) is 1.77. The number of hydrogen-bond donors (Lipinski definition) is 2. The van der Waals surface area contributed by atoms with Crippen LogP contribution in [0.4, 0.5) is 15.8 Å². The lowest BCUT2D eigenvalue weighted by molar-refractivity contribution is 0.0595. The minimum Gasteiger partial charge on any atom is -0.465 e. The molecule has 4 nitrogen and oxygen atoms in total. The summed E-state index contributed by atoms with van der Waals surface area (Å²) in [5, 5.41) is 3.09. The fourth-order valence-corrected chi connectivity index (χ4v) is 1.43. The van der Waals surface area contributed by atoms with E-state index in [1.54, 1.807) is 6.07 Å². The molecule has 2 rings (SSSR count). The van der Waals surface area contributed by atoms with Crippen molar-refractivity contribution >= 4 is 17.3 Å². The number of nitrogens with one attached hydrogen (secondary N) is 1. The van der Waals surface area contributed by atoms with Gasteiger partial charge in [0.2, 0.25) is 0 Å². The lowest BCUT2D eigenvalue weighted by Crippen LogP contribution is -2.10. The summed E-state index contributed by atoms with van der Waals surface area (Å²) in [5.74, 6) is -1.44. The zero-order valence-electron chi connectivity index (χ0n) is 8.92. The largest absolute Gasteiger partial charge is 0.465 e. The van der Waals surface area contributed by atoms with Crippen molar-refractivity contribution in [2.75, 3.05) is 18.2 Å². The lowest BCUT2D eigenvalue weighted by Gasteiger charge is -2.10. The maximum absolute atomic E-state index is 13.7. The van der Waals surface area contributed by atoms with Crippen LogP contribution in [0.2, 0.25) is 0 Å². The van der Waals surface area contributed by atoms with E-state index in [0.717, 1.165) is 12.8 Å². The molecule has 5 heteroatoms. The molecule has 0 amide bonds. The van der Waals surface area contributed by atoms with Gasteiger partial charge < -0.3 is 15.8 Å². The number of nitrogens with two attached hydrogens (primary N) is 1. The summed E-state index contributed by atoms with van der Waals surface area (Å²) in [5.41, 5.74) is 5.97. The van der Waals surface area contributed by atoms with Crippen molar-refractivity contribution in [2.24, 2.45) is 0 Å². The fourth-order valence-electron chi connectivity index (χ4n) is 1.43. The van der Waals surface area contributed by atoms with E-state index < -0.39 is 11.8 Å². The van der Waals surface area contributed by atoms with Gasteiger partial charge in [0, 0.05) is 6.04 Å². The molecule has 0 aliphatic heterocycles. The molecule has 1 aromatic rings. The van der Waals surface area contributed by atoms with Gasteiger partial charge in [0.1, 0.15) is 0 Å². The number of nitrogen functional groups attached to an aromatic ring is 1. The van der Waals surface area contributed by atoms with Gasteiger partial charge in [-0.1, -0.05) is 0 Å². The Morgan fingerprint density at radius 3 is 2.81 bits per heavy atom. The maximum atomic E-state index is 13.7. The third-order valence-electron chi connectivity index (χ3n) is 2.52. The van der Waals surface area contributed by atoms with Crippen LogP contribution in [0.25, 0.3) is 0 Å². The monoisotopic (exact) mass is 224 g/mol. The van der Waals surface area contributed by atoms with Gasteiger partial charge in [-0.3, -0.25) is 0 Å². The smallest absolute Gasteiger partial charge is 0.340 e. The molecule has 0 unspecified atom stereocenters. The van der Waals surface area contributed by atoms with E-state index in [1.807, 2.05) is 0 Å². The van der Waals surface area contributed by atoms with Crippen LogP contribution in [-0.4, -0.2) is 19.1 Å². The fraction of sp³-hybridized carbons (Fsp3) is 0.364. The SMILES string of the molecule is COC(=O)c1ccc(NC2CC2)c(N)c1F. The van der Waals surface area contributed by atoms with Crippen LogP contribution >= 0.6 is 0 Å². The highest BCUT2D eigenvalue weighted by molar-refractivity contribution is 5.92. The molecule has 0 aromatic heterocycles. The van der Waals surface area contributed by atoms with Crippen LogP contribution in [0.3, 0.4) is 0 Å². The summed E-state index contributed by atoms with van der Waals surface area (Å²) < 4.78 is 18.2. The van der Waals surface area contributed by atoms with Crippen molar-refractivity contribution in [3.8, 4) is 0 Å². The van der Waals surface area contributed by atoms with E-state index in [2.05, 4.69) is 10.1 Å².